The zero-order valence-corrected chi connectivity index (χ0v) is 14.1. The highest BCUT2D eigenvalue weighted by atomic mass is 35.5. The Morgan fingerprint density at radius 3 is 2.84 bits per heavy atom. The van der Waals surface area contributed by atoms with Crippen LogP contribution in [0.25, 0.3) is 10.9 Å². The second-order valence-electron chi connectivity index (χ2n) is 6.82. The van der Waals surface area contributed by atoms with Crippen molar-refractivity contribution in [1.29, 1.82) is 0 Å². The van der Waals surface area contributed by atoms with E-state index in [0.717, 1.165) is 18.9 Å². The van der Waals surface area contributed by atoms with Crippen molar-refractivity contribution in [2.75, 3.05) is 18.0 Å². The molecule has 2 aliphatic heterocycles. The fraction of sp³-hybridized carbons (Fsp3) is 0.438. The molecule has 1 amide bonds. The fourth-order valence-corrected chi connectivity index (χ4v) is 4.30. The predicted molar refractivity (Wildman–Crippen MR) is 88.0 cm³/mol. The standard InChI is InChI=1S/C16H15ClF2N4O2/c1-16-3-2-9(23(16)15(24)25)6-22(7-16)13-10-4-8(18)5-11(19)12(10)20-14(17)21-13/h4-5,9H,2-3,6-7H2,1H3,(H,24,25). The van der Waals surface area contributed by atoms with Gasteiger partial charge < -0.3 is 10.0 Å². The van der Waals surface area contributed by atoms with Crippen molar-refractivity contribution in [3.05, 3.63) is 29.1 Å². The first kappa shape index (κ1) is 16.3. The van der Waals surface area contributed by atoms with Gasteiger partial charge in [0, 0.05) is 24.5 Å². The molecule has 1 aromatic heterocycles. The van der Waals surface area contributed by atoms with E-state index in [1.54, 1.807) is 0 Å². The number of fused-ring (bicyclic) bond motifs is 3. The lowest BCUT2D eigenvalue weighted by atomic mass is 9.98. The summed E-state index contributed by atoms with van der Waals surface area (Å²) in [7, 11) is 0. The van der Waals surface area contributed by atoms with E-state index in [-0.39, 0.29) is 22.2 Å². The highest BCUT2D eigenvalue weighted by Crippen LogP contribution is 2.41. The van der Waals surface area contributed by atoms with Crippen molar-refractivity contribution in [2.45, 2.75) is 31.3 Å². The van der Waals surface area contributed by atoms with Crippen LogP contribution >= 0.6 is 11.6 Å². The van der Waals surface area contributed by atoms with Gasteiger partial charge in [0.2, 0.25) is 5.28 Å². The Bertz CT molecular complexity index is 896. The molecular weight excluding hydrogens is 354 g/mol. The molecule has 25 heavy (non-hydrogen) atoms. The number of carbonyl (C=O) groups is 1. The smallest absolute Gasteiger partial charge is 0.408 e. The Balaban J connectivity index is 1.83. The Hall–Kier alpha value is -2.22. The lowest BCUT2D eigenvalue weighted by Crippen LogP contribution is -2.62. The van der Waals surface area contributed by atoms with Gasteiger partial charge in [0.05, 0.1) is 11.6 Å². The molecule has 9 heteroatoms. The average molecular weight is 369 g/mol. The average Bonchev–Trinajstić information content (AvgIpc) is 2.73. The molecule has 0 radical (unpaired) electrons. The van der Waals surface area contributed by atoms with Crippen molar-refractivity contribution in [3.63, 3.8) is 0 Å². The van der Waals surface area contributed by atoms with Gasteiger partial charge in [0.15, 0.2) is 5.82 Å². The van der Waals surface area contributed by atoms with Crippen molar-refractivity contribution in [3.8, 4) is 0 Å². The van der Waals surface area contributed by atoms with E-state index < -0.39 is 23.3 Å². The van der Waals surface area contributed by atoms with Crippen molar-refractivity contribution in [2.24, 2.45) is 0 Å². The van der Waals surface area contributed by atoms with Gasteiger partial charge in [-0.1, -0.05) is 0 Å². The molecule has 2 aliphatic rings. The number of hydrogen-bond acceptors (Lipinski definition) is 4. The zero-order valence-electron chi connectivity index (χ0n) is 13.3. The minimum absolute atomic E-state index is 0.0467. The first-order chi connectivity index (χ1) is 11.8. The molecule has 2 unspecified atom stereocenters. The van der Waals surface area contributed by atoms with E-state index in [4.69, 9.17) is 11.6 Å². The Kier molecular flexibility index (Phi) is 3.50. The van der Waals surface area contributed by atoms with Crippen LogP contribution in [0.15, 0.2) is 12.1 Å². The van der Waals surface area contributed by atoms with Crippen molar-refractivity contribution in [1.82, 2.24) is 14.9 Å². The predicted octanol–water partition coefficient (Wildman–Crippen LogP) is 3.28. The van der Waals surface area contributed by atoms with Crippen molar-refractivity contribution < 1.29 is 18.7 Å². The largest absolute Gasteiger partial charge is 0.465 e. The van der Waals surface area contributed by atoms with Crippen LogP contribution in [-0.2, 0) is 0 Å². The van der Waals surface area contributed by atoms with Crippen LogP contribution in [0.2, 0.25) is 5.28 Å². The summed E-state index contributed by atoms with van der Waals surface area (Å²) in [5.41, 5.74) is -0.626. The lowest BCUT2D eigenvalue weighted by Gasteiger charge is -2.46. The monoisotopic (exact) mass is 368 g/mol. The number of carboxylic acid groups (broad SMARTS) is 1. The normalized spacial score (nSPS) is 25.7. The highest BCUT2D eigenvalue weighted by molar-refractivity contribution is 6.28. The molecule has 3 heterocycles. The van der Waals surface area contributed by atoms with Crippen LogP contribution in [0.4, 0.5) is 19.4 Å². The summed E-state index contributed by atoms with van der Waals surface area (Å²) < 4.78 is 27.8. The van der Waals surface area contributed by atoms with E-state index in [1.807, 2.05) is 11.8 Å². The van der Waals surface area contributed by atoms with Gasteiger partial charge in [-0.05, 0) is 37.4 Å². The first-order valence-electron chi connectivity index (χ1n) is 7.88. The summed E-state index contributed by atoms with van der Waals surface area (Å²) >= 11 is 5.94. The molecule has 2 aromatic rings. The van der Waals surface area contributed by atoms with Crippen LogP contribution in [0, 0.1) is 11.6 Å². The number of halogens is 3. The summed E-state index contributed by atoms with van der Waals surface area (Å²) in [5.74, 6) is -1.20. The molecule has 0 aliphatic carbocycles. The van der Waals surface area contributed by atoms with Crippen LogP contribution in [0.3, 0.4) is 0 Å². The third kappa shape index (κ3) is 2.47. The summed E-state index contributed by atoms with van der Waals surface area (Å²) in [4.78, 5) is 23.0. The van der Waals surface area contributed by atoms with E-state index in [2.05, 4.69) is 9.97 Å². The number of hydrogen-bond donors (Lipinski definition) is 1. The van der Waals surface area contributed by atoms with Gasteiger partial charge in [-0.2, -0.15) is 4.98 Å². The molecule has 4 rings (SSSR count). The second kappa shape index (κ2) is 5.39. The van der Waals surface area contributed by atoms with E-state index in [9.17, 15) is 18.7 Å². The molecule has 132 valence electrons. The molecular formula is C16H15ClF2N4O2. The third-order valence-electron chi connectivity index (χ3n) is 5.10. The quantitative estimate of drug-likeness (QED) is 0.782. The first-order valence-corrected chi connectivity index (χ1v) is 8.26. The van der Waals surface area contributed by atoms with Gasteiger partial charge >= 0.3 is 6.09 Å². The number of amides is 1. The minimum Gasteiger partial charge on any atom is -0.465 e. The Morgan fingerprint density at radius 2 is 2.16 bits per heavy atom. The molecule has 2 bridgehead atoms. The highest BCUT2D eigenvalue weighted by Gasteiger charge is 2.51. The van der Waals surface area contributed by atoms with E-state index in [1.165, 1.54) is 11.0 Å². The van der Waals surface area contributed by atoms with Crippen LogP contribution in [0.1, 0.15) is 19.8 Å². The topological polar surface area (TPSA) is 69.6 Å². The van der Waals surface area contributed by atoms with Gasteiger partial charge in [-0.25, -0.2) is 18.6 Å². The Labute approximate surface area is 147 Å². The maximum Gasteiger partial charge on any atom is 0.408 e. The number of piperazine rings is 1. The number of rotatable bonds is 1. The summed E-state index contributed by atoms with van der Waals surface area (Å²) in [6.07, 6.45) is 0.505. The number of benzene rings is 1. The van der Waals surface area contributed by atoms with Crippen LogP contribution in [0.5, 0.6) is 0 Å². The third-order valence-corrected chi connectivity index (χ3v) is 5.27. The molecule has 1 N–H and O–H groups in total. The molecule has 0 saturated carbocycles. The number of nitrogens with zero attached hydrogens (tertiary/aromatic N) is 4. The zero-order chi connectivity index (χ0) is 17.9. The summed E-state index contributed by atoms with van der Waals surface area (Å²) in [6, 6.07) is 1.74. The number of anilines is 1. The SMILES string of the molecule is CC12CCC(CN(c3nc(Cl)nc4c(F)cc(F)cc34)C1)N2C(=O)O. The van der Waals surface area contributed by atoms with Crippen LogP contribution in [-0.4, -0.2) is 50.7 Å². The van der Waals surface area contributed by atoms with Crippen LogP contribution < -0.4 is 4.90 Å². The molecule has 2 saturated heterocycles. The molecule has 2 atom stereocenters. The maximum absolute atomic E-state index is 14.1. The molecule has 6 nitrogen and oxygen atoms in total. The van der Waals surface area contributed by atoms with Crippen molar-refractivity contribution >= 4 is 34.4 Å². The van der Waals surface area contributed by atoms with Gasteiger partial charge in [-0.3, -0.25) is 4.90 Å². The van der Waals surface area contributed by atoms with Gasteiger partial charge in [0.1, 0.15) is 17.2 Å². The van der Waals surface area contributed by atoms with E-state index in [0.29, 0.717) is 18.9 Å². The Morgan fingerprint density at radius 1 is 1.40 bits per heavy atom. The summed E-state index contributed by atoms with van der Waals surface area (Å²) in [5, 5.41) is 9.59. The molecule has 1 aromatic carbocycles. The van der Waals surface area contributed by atoms with E-state index >= 15 is 0 Å². The number of aromatic nitrogens is 2. The second-order valence-corrected chi connectivity index (χ2v) is 7.16. The maximum atomic E-state index is 14.1. The fourth-order valence-electron chi connectivity index (χ4n) is 4.13. The van der Waals surface area contributed by atoms with Gasteiger partial charge in [-0.15, -0.1) is 0 Å². The molecule has 2 fully saturated rings. The van der Waals surface area contributed by atoms with Gasteiger partial charge in [0.25, 0.3) is 0 Å². The summed E-state index contributed by atoms with van der Waals surface area (Å²) in [6.45, 7) is 2.64. The minimum atomic E-state index is -0.952. The lowest BCUT2D eigenvalue weighted by molar-refractivity contribution is 0.0787. The molecule has 0 spiro atoms.